The van der Waals surface area contributed by atoms with Crippen molar-refractivity contribution in [2.24, 2.45) is 0 Å². The molecule has 1 N–H and O–H groups in total. The molecular formula is C8H9NO4. The molecule has 5 heteroatoms. The lowest BCUT2D eigenvalue weighted by Crippen LogP contribution is -2.53. The van der Waals surface area contributed by atoms with Gasteiger partial charge in [-0.3, -0.25) is 4.79 Å². The molecule has 1 fully saturated rings. The van der Waals surface area contributed by atoms with Crippen molar-refractivity contribution in [3.8, 4) is 0 Å². The van der Waals surface area contributed by atoms with Crippen LogP contribution in [0.15, 0.2) is 10.6 Å². The van der Waals surface area contributed by atoms with Crippen LogP contribution >= 0.6 is 0 Å². The molecule has 1 aliphatic heterocycles. The fraction of sp³-hybridized carbons (Fsp3) is 0.500. The fourth-order valence-corrected chi connectivity index (χ4v) is 1.28. The zero-order valence-corrected chi connectivity index (χ0v) is 7.11. The van der Waals surface area contributed by atoms with E-state index in [1.54, 1.807) is 13.0 Å². The third-order valence-corrected chi connectivity index (χ3v) is 2.22. The van der Waals surface area contributed by atoms with Gasteiger partial charge in [-0.05, 0) is 6.92 Å². The SMILES string of the molecule is Cc1cc(C2(C(=O)O)COC2)no1. The maximum absolute atomic E-state index is 11.0. The molecule has 70 valence electrons. The first kappa shape index (κ1) is 8.25. The number of rotatable bonds is 2. The molecule has 0 aromatic carbocycles. The topological polar surface area (TPSA) is 72.6 Å². The monoisotopic (exact) mass is 183 g/mol. The van der Waals surface area contributed by atoms with Crippen LogP contribution in [0.25, 0.3) is 0 Å². The Bertz CT molecular complexity index is 340. The molecule has 0 unspecified atom stereocenters. The van der Waals surface area contributed by atoms with Crippen LogP contribution in [0.3, 0.4) is 0 Å². The van der Waals surface area contributed by atoms with E-state index in [9.17, 15) is 4.79 Å². The average molecular weight is 183 g/mol. The van der Waals surface area contributed by atoms with E-state index in [0.717, 1.165) is 0 Å². The third-order valence-electron chi connectivity index (χ3n) is 2.22. The van der Waals surface area contributed by atoms with Gasteiger partial charge >= 0.3 is 5.97 Å². The molecule has 2 heterocycles. The van der Waals surface area contributed by atoms with E-state index < -0.39 is 11.4 Å². The molecule has 5 nitrogen and oxygen atoms in total. The number of carboxylic acids is 1. The summed E-state index contributed by atoms with van der Waals surface area (Å²) in [6, 6.07) is 1.64. The van der Waals surface area contributed by atoms with E-state index in [4.69, 9.17) is 14.4 Å². The molecule has 0 radical (unpaired) electrons. The van der Waals surface area contributed by atoms with Crippen molar-refractivity contribution < 1.29 is 19.2 Å². The second-order valence-electron chi connectivity index (χ2n) is 3.20. The van der Waals surface area contributed by atoms with Gasteiger partial charge in [0, 0.05) is 6.07 Å². The third kappa shape index (κ3) is 1.04. The lowest BCUT2D eigenvalue weighted by atomic mass is 9.82. The maximum Gasteiger partial charge on any atom is 0.320 e. The standard InChI is InChI=1S/C8H9NO4/c1-5-2-6(9-13-5)8(7(10)11)3-12-4-8/h2H,3-4H2,1H3,(H,10,11). The van der Waals surface area contributed by atoms with Crippen LogP contribution in [-0.4, -0.2) is 29.4 Å². The van der Waals surface area contributed by atoms with Crippen molar-refractivity contribution in [3.63, 3.8) is 0 Å². The highest BCUT2D eigenvalue weighted by molar-refractivity contribution is 5.82. The Hall–Kier alpha value is -1.36. The van der Waals surface area contributed by atoms with Gasteiger partial charge in [0.05, 0.1) is 13.2 Å². The van der Waals surface area contributed by atoms with Crippen molar-refractivity contribution >= 4 is 5.97 Å². The van der Waals surface area contributed by atoms with Gasteiger partial charge in [-0.15, -0.1) is 0 Å². The maximum atomic E-state index is 11.0. The highest BCUT2D eigenvalue weighted by Gasteiger charge is 2.50. The van der Waals surface area contributed by atoms with Gasteiger partial charge in [0.2, 0.25) is 0 Å². The van der Waals surface area contributed by atoms with Crippen LogP contribution < -0.4 is 0 Å². The molecule has 0 saturated carbocycles. The van der Waals surface area contributed by atoms with Crippen LogP contribution in [0, 0.1) is 6.92 Å². The number of aromatic nitrogens is 1. The van der Waals surface area contributed by atoms with E-state index in [-0.39, 0.29) is 13.2 Å². The number of hydrogen-bond donors (Lipinski definition) is 1. The first-order chi connectivity index (χ1) is 6.15. The highest BCUT2D eigenvalue weighted by Crippen LogP contribution is 2.32. The molecule has 0 aliphatic carbocycles. The van der Waals surface area contributed by atoms with Crippen molar-refractivity contribution in [2.75, 3.05) is 13.2 Å². The summed E-state index contributed by atoms with van der Waals surface area (Å²) in [6.45, 7) is 2.08. The van der Waals surface area contributed by atoms with E-state index in [2.05, 4.69) is 5.16 Å². The smallest absolute Gasteiger partial charge is 0.320 e. The first-order valence-electron chi connectivity index (χ1n) is 3.90. The number of ether oxygens (including phenoxy) is 1. The Morgan fingerprint density at radius 3 is 2.69 bits per heavy atom. The molecule has 1 aliphatic rings. The number of carboxylic acid groups (broad SMARTS) is 1. The highest BCUT2D eigenvalue weighted by atomic mass is 16.5. The number of hydrogen-bond acceptors (Lipinski definition) is 4. The Balaban J connectivity index is 2.37. The Kier molecular flexibility index (Phi) is 1.63. The lowest BCUT2D eigenvalue weighted by molar-refractivity contribution is -0.163. The largest absolute Gasteiger partial charge is 0.480 e. The molecule has 13 heavy (non-hydrogen) atoms. The summed E-state index contributed by atoms with van der Waals surface area (Å²) in [5.41, 5.74) is -0.527. The van der Waals surface area contributed by atoms with Gasteiger partial charge in [-0.2, -0.15) is 0 Å². The Morgan fingerprint density at radius 1 is 1.69 bits per heavy atom. The zero-order chi connectivity index (χ0) is 9.47. The van der Waals surface area contributed by atoms with Crippen molar-refractivity contribution in [1.29, 1.82) is 0 Å². The second kappa shape index (κ2) is 2.56. The van der Waals surface area contributed by atoms with Crippen molar-refractivity contribution in [3.05, 3.63) is 17.5 Å². The van der Waals surface area contributed by atoms with Crippen LogP contribution in [0.4, 0.5) is 0 Å². The molecule has 0 bridgehead atoms. The summed E-state index contributed by atoms with van der Waals surface area (Å²) < 4.78 is 9.73. The number of carbonyl (C=O) groups is 1. The zero-order valence-electron chi connectivity index (χ0n) is 7.11. The Labute approximate surface area is 74.3 Å². The summed E-state index contributed by atoms with van der Waals surface area (Å²) in [5, 5.41) is 12.7. The number of nitrogens with zero attached hydrogens (tertiary/aromatic N) is 1. The van der Waals surface area contributed by atoms with Gasteiger partial charge in [0.1, 0.15) is 11.5 Å². The van der Waals surface area contributed by atoms with E-state index in [1.165, 1.54) is 0 Å². The first-order valence-corrected chi connectivity index (χ1v) is 3.90. The van der Waals surface area contributed by atoms with Gasteiger partial charge in [-0.25, -0.2) is 0 Å². The normalized spacial score (nSPS) is 19.5. The summed E-state index contributed by atoms with van der Waals surface area (Å²) in [5.74, 6) is -0.297. The molecule has 0 spiro atoms. The average Bonchev–Trinajstić information content (AvgIpc) is 2.32. The molecule has 1 saturated heterocycles. The molecule has 2 rings (SSSR count). The van der Waals surface area contributed by atoms with Gasteiger partial charge < -0.3 is 14.4 Å². The van der Waals surface area contributed by atoms with Gasteiger partial charge in [0.25, 0.3) is 0 Å². The number of aliphatic carboxylic acids is 1. The van der Waals surface area contributed by atoms with Crippen LogP contribution in [0.2, 0.25) is 0 Å². The van der Waals surface area contributed by atoms with E-state index in [1.807, 2.05) is 0 Å². The fourth-order valence-electron chi connectivity index (χ4n) is 1.28. The summed E-state index contributed by atoms with van der Waals surface area (Å²) >= 11 is 0. The minimum absolute atomic E-state index is 0.175. The molecule has 1 aromatic rings. The predicted molar refractivity (Wildman–Crippen MR) is 41.4 cm³/mol. The van der Waals surface area contributed by atoms with Crippen LogP contribution in [0.1, 0.15) is 11.5 Å². The molecular weight excluding hydrogens is 174 g/mol. The Morgan fingerprint density at radius 2 is 2.38 bits per heavy atom. The van der Waals surface area contributed by atoms with Gasteiger partial charge in [0.15, 0.2) is 5.41 Å². The van der Waals surface area contributed by atoms with E-state index in [0.29, 0.717) is 11.5 Å². The summed E-state index contributed by atoms with van der Waals surface area (Å²) in [7, 11) is 0. The second-order valence-corrected chi connectivity index (χ2v) is 3.20. The van der Waals surface area contributed by atoms with Crippen molar-refractivity contribution in [1.82, 2.24) is 5.16 Å². The number of aryl methyl sites for hydroxylation is 1. The lowest BCUT2D eigenvalue weighted by Gasteiger charge is -2.35. The summed E-state index contributed by atoms with van der Waals surface area (Å²) in [6.07, 6.45) is 0. The summed E-state index contributed by atoms with van der Waals surface area (Å²) in [4.78, 5) is 11.0. The predicted octanol–water partition coefficient (Wildman–Crippen LogP) is 0.336. The quantitative estimate of drug-likeness (QED) is 0.715. The van der Waals surface area contributed by atoms with Gasteiger partial charge in [-0.1, -0.05) is 5.16 Å². The van der Waals surface area contributed by atoms with Crippen LogP contribution in [0.5, 0.6) is 0 Å². The van der Waals surface area contributed by atoms with Crippen molar-refractivity contribution in [2.45, 2.75) is 12.3 Å². The molecule has 1 aromatic heterocycles. The van der Waals surface area contributed by atoms with E-state index >= 15 is 0 Å². The molecule has 0 atom stereocenters. The minimum Gasteiger partial charge on any atom is -0.480 e. The molecule has 0 amide bonds. The minimum atomic E-state index is -0.974. The van der Waals surface area contributed by atoms with Crippen LogP contribution in [-0.2, 0) is 14.9 Å².